The van der Waals surface area contributed by atoms with Crippen LogP contribution in [0.2, 0.25) is 0 Å². The van der Waals surface area contributed by atoms with Gasteiger partial charge in [0, 0.05) is 11.1 Å². The van der Waals surface area contributed by atoms with Crippen LogP contribution < -0.4 is 16.1 Å². The smallest absolute Gasteiger partial charge is 0.262 e. The fraction of sp³-hybridized carbons (Fsp3) is 0.304. The standard InChI is InChI=1S/C23H28N4O3/c1-15(2)20(25-22(29)19-13-9-6-10-14-19)23(30)27-26-17(4)16(3)24-21(28)18-11-7-5-8-12-18/h5-16,20H,1-4H3,(H,24,28)(H,25,29)(H,27,30)/t16-,20+/m0/s1. The van der Waals surface area contributed by atoms with E-state index in [0.29, 0.717) is 16.8 Å². The third kappa shape index (κ3) is 6.55. The minimum Gasteiger partial charge on any atom is -0.344 e. The third-order valence-electron chi connectivity index (χ3n) is 4.62. The van der Waals surface area contributed by atoms with Crippen LogP contribution in [-0.4, -0.2) is 35.5 Å². The number of hydrogen-bond donors (Lipinski definition) is 3. The van der Waals surface area contributed by atoms with E-state index in [2.05, 4.69) is 21.2 Å². The van der Waals surface area contributed by atoms with Crippen LogP contribution in [0, 0.1) is 5.92 Å². The largest absolute Gasteiger partial charge is 0.344 e. The van der Waals surface area contributed by atoms with Gasteiger partial charge in [-0.3, -0.25) is 14.4 Å². The summed E-state index contributed by atoms with van der Waals surface area (Å²) in [5, 5.41) is 9.69. The molecule has 0 aromatic heterocycles. The van der Waals surface area contributed by atoms with Crippen molar-refractivity contribution in [1.29, 1.82) is 0 Å². The second-order valence-corrected chi connectivity index (χ2v) is 7.35. The van der Waals surface area contributed by atoms with Crippen molar-refractivity contribution < 1.29 is 14.4 Å². The summed E-state index contributed by atoms with van der Waals surface area (Å²) in [6.45, 7) is 7.18. The van der Waals surface area contributed by atoms with Gasteiger partial charge in [0.25, 0.3) is 17.7 Å². The van der Waals surface area contributed by atoms with Crippen molar-refractivity contribution in [3.05, 3.63) is 71.8 Å². The Labute approximate surface area is 177 Å². The van der Waals surface area contributed by atoms with E-state index in [-0.39, 0.29) is 23.8 Å². The van der Waals surface area contributed by atoms with Crippen LogP contribution in [-0.2, 0) is 4.79 Å². The minimum absolute atomic E-state index is 0.136. The molecule has 0 spiro atoms. The van der Waals surface area contributed by atoms with Crippen LogP contribution in [0.25, 0.3) is 0 Å². The molecule has 3 N–H and O–H groups in total. The highest BCUT2D eigenvalue weighted by Crippen LogP contribution is 2.06. The molecule has 7 nitrogen and oxygen atoms in total. The molecular formula is C23H28N4O3. The van der Waals surface area contributed by atoms with Gasteiger partial charge in [-0.25, -0.2) is 5.43 Å². The predicted molar refractivity (Wildman–Crippen MR) is 117 cm³/mol. The lowest BCUT2D eigenvalue weighted by molar-refractivity contribution is -0.123. The first-order chi connectivity index (χ1) is 14.3. The van der Waals surface area contributed by atoms with E-state index in [1.165, 1.54) is 0 Å². The van der Waals surface area contributed by atoms with Crippen LogP contribution in [0.4, 0.5) is 0 Å². The third-order valence-corrected chi connectivity index (χ3v) is 4.62. The molecule has 158 valence electrons. The monoisotopic (exact) mass is 408 g/mol. The van der Waals surface area contributed by atoms with E-state index in [1.807, 2.05) is 26.0 Å². The minimum atomic E-state index is -0.747. The van der Waals surface area contributed by atoms with E-state index >= 15 is 0 Å². The number of carbonyl (C=O) groups is 3. The summed E-state index contributed by atoms with van der Waals surface area (Å²) in [5.74, 6) is -1.11. The van der Waals surface area contributed by atoms with Crippen molar-refractivity contribution in [2.75, 3.05) is 0 Å². The van der Waals surface area contributed by atoms with E-state index in [0.717, 1.165) is 0 Å². The number of hydrogen-bond acceptors (Lipinski definition) is 4. The predicted octanol–water partition coefficient (Wildman–Crippen LogP) is 2.75. The Kier molecular flexibility index (Phi) is 8.29. The van der Waals surface area contributed by atoms with Crippen molar-refractivity contribution in [3.8, 4) is 0 Å². The Morgan fingerprint density at radius 3 is 1.70 bits per heavy atom. The van der Waals surface area contributed by atoms with Gasteiger partial charge in [-0.1, -0.05) is 50.2 Å². The molecule has 0 aliphatic rings. The number of nitrogens with one attached hydrogen (secondary N) is 3. The molecule has 0 radical (unpaired) electrons. The Morgan fingerprint density at radius 1 is 0.767 bits per heavy atom. The highest BCUT2D eigenvalue weighted by Gasteiger charge is 2.24. The summed E-state index contributed by atoms with van der Waals surface area (Å²) in [6, 6.07) is 16.4. The maximum atomic E-state index is 12.6. The number of benzene rings is 2. The van der Waals surface area contributed by atoms with Crippen molar-refractivity contribution in [2.24, 2.45) is 11.0 Å². The first kappa shape index (κ1) is 22.8. The molecule has 0 bridgehead atoms. The SMILES string of the molecule is CC(=NNC(=O)[C@H](NC(=O)c1ccccc1)C(C)C)[C@H](C)NC(=O)c1ccccc1. The average molecular weight is 409 g/mol. The first-order valence-electron chi connectivity index (χ1n) is 9.85. The highest BCUT2D eigenvalue weighted by atomic mass is 16.2. The molecule has 2 atom stereocenters. The summed E-state index contributed by atoms with van der Waals surface area (Å²) in [5.41, 5.74) is 4.06. The van der Waals surface area contributed by atoms with Gasteiger partial charge >= 0.3 is 0 Å². The average Bonchev–Trinajstić information content (AvgIpc) is 2.76. The van der Waals surface area contributed by atoms with Crippen LogP contribution in [0.3, 0.4) is 0 Å². The Morgan fingerprint density at radius 2 is 1.23 bits per heavy atom. The number of rotatable bonds is 8. The maximum absolute atomic E-state index is 12.6. The molecular weight excluding hydrogens is 380 g/mol. The molecule has 30 heavy (non-hydrogen) atoms. The lowest BCUT2D eigenvalue weighted by Crippen LogP contribution is -2.49. The summed E-state index contributed by atoms with van der Waals surface area (Å²) in [7, 11) is 0. The number of carbonyl (C=O) groups excluding carboxylic acids is 3. The van der Waals surface area contributed by atoms with Crippen molar-refractivity contribution in [2.45, 2.75) is 39.8 Å². The molecule has 7 heteroatoms. The van der Waals surface area contributed by atoms with Crippen molar-refractivity contribution >= 4 is 23.4 Å². The maximum Gasteiger partial charge on any atom is 0.262 e. The molecule has 0 saturated heterocycles. The summed E-state index contributed by atoms with van der Waals surface area (Å²) in [4.78, 5) is 37.2. The Balaban J connectivity index is 1.96. The van der Waals surface area contributed by atoms with E-state index in [4.69, 9.17) is 0 Å². The number of nitrogens with zero attached hydrogens (tertiary/aromatic N) is 1. The van der Waals surface area contributed by atoms with E-state index < -0.39 is 11.9 Å². The van der Waals surface area contributed by atoms with Gasteiger partial charge in [-0.2, -0.15) is 5.10 Å². The van der Waals surface area contributed by atoms with Gasteiger partial charge < -0.3 is 10.6 Å². The molecule has 0 fully saturated rings. The molecule has 3 amide bonds. The number of amides is 3. The molecule has 0 saturated carbocycles. The van der Waals surface area contributed by atoms with Crippen LogP contribution in [0.5, 0.6) is 0 Å². The van der Waals surface area contributed by atoms with Gasteiger partial charge in [0.05, 0.1) is 11.8 Å². The zero-order chi connectivity index (χ0) is 22.1. The first-order valence-corrected chi connectivity index (χ1v) is 9.85. The molecule has 2 rings (SSSR count). The van der Waals surface area contributed by atoms with Crippen molar-refractivity contribution in [1.82, 2.24) is 16.1 Å². The summed E-state index contributed by atoms with van der Waals surface area (Å²) < 4.78 is 0. The molecule has 2 aromatic carbocycles. The molecule has 2 aromatic rings. The summed E-state index contributed by atoms with van der Waals surface area (Å²) in [6.07, 6.45) is 0. The van der Waals surface area contributed by atoms with Crippen molar-refractivity contribution in [3.63, 3.8) is 0 Å². The number of hydrazone groups is 1. The molecule has 0 aliphatic carbocycles. The fourth-order valence-electron chi connectivity index (χ4n) is 2.63. The Bertz CT molecular complexity index is 895. The van der Waals surface area contributed by atoms with E-state index in [1.54, 1.807) is 62.4 Å². The second kappa shape index (κ2) is 10.9. The lowest BCUT2D eigenvalue weighted by atomic mass is 10.0. The zero-order valence-corrected chi connectivity index (χ0v) is 17.7. The second-order valence-electron chi connectivity index (χ2n) is 7.35. The molecule has 0 aliphatic heterocycles. The van der Waals surface area contributed by atoms with Gasteiger partial charge in [-0.15, -0.1) is 0 Å². The zero-order valence-electron chi connectivity index (χ0n) is 17.7. The fourth-order valence-corrected chi connectivity index (χ4v) is 2.63. The molecule has 0 heterocycles. The molecule has 0 unspecified atom stereocenters. The van der Waals surface area contributed by atoms with Gasteiger partial charge in [0.15, 0.2) is 0 Å². The van der Waals surface area contributed by atoms with Gasteiger partial charge in [0.2, 0.25) is 0 Å². The Hall–Kier alpha value is -3.48. The van der Waals surface area contributed by atoms with Gasteiger partial charge in [0.1, 0.15) is 6.04 Å². The van der Waals surface area contributed by atoms with E-state index in [9.17, 15) is 14.4 Å². The van der Waals surface area contributed by atoms with Crippen LogP contribution in [0.1, 0.15) is 48.4 Å². The van der Waals surface area contributed by atoms with Crippen LogP contribution >= 0.6 is 0 Å². The van der Waals surface area contributed by atoms with Crippen LogP contribution in [0.15, 0.2) is 65.8 Å². The summed E-state index contributed by atoms with van der Waals surface area (Å²) >= 11 is 0. The highest BCUT2D eigenvalue weighted by molar-refractivity contribution is 5.99. The topological polar surface area (TPSA) is 99.7 Å². The quantitative estimate of drug-likeness (QED) is 0.463. The lowest BCUT2D eigenvalue weighted by Gasteiger charge is -2.21. The van der Waals surface area contributed by atoms with Gasteiger partial charge in [-0.05, 0) is 44.0 Å². The normalized spacial score (nSPS) is 13.3.